The van der Waals surface area contributed by atoms with Crippen LogP contribution in [0.5, 0.6) is 0 Å². The number of nitrogens with zero attached hydrogens (tertiary/aromatic N) is 2. The van der Waals surface area contributed by atoms with Crippen LogP contribution in [-0.4, -0.2) is 16.1 Å². The molecular weight excluding hydrogens is 336 g/mol. The zero-order chi connectivity index (χ0) is 14.1. The molecule has 3 rings (SSSR count). The van der Waals surface area contributed by atoms with Gasteiger partial charge in [0.05, 0.1) is 16.1 Å². The predicted molar refractivity (Wildman–Crippen MR) is 84.7 cm³/mol. The van der Waals surface area contributed by atoms with Gasteiger partial charge in [-0.2, -0.15) is 5.10 Å². The Bertz CT molecular complexity index is 776. The molecule has 0 bridgehead atoms. The van der Waals surface area contributed by atoms with Crippen LogP contribution < -0.4 is 0 Å². The molecule has 3 aromatic rings. The first-order valence-corrected chi connectivity index (χ1v) is 7.71. The van der Waals surface area contributed by atoms with Crippen molar-refractivity contribution in [3.05, 3.63) is 57.5 Å². The molecule has 3 nitrogen and oxygen atoms in total. The third-order valence-corrected chi connectivity index (χ3v) is 4.54. The molecule has 1 aromatic carbocycles. The summed E-state index contributed by atoms with van der Waals surface area (Å²) < 4.78 is 2.72. The lowest BCUT2D eigenvalue weighted by Crippen LogP contribution is -1.94. The Hall–Kier alpha value is -1.72. The minimum absolute atomic E-state index is 0.607. The molecule has 0 aliphatic heterocycles. The second-order valence-corrected chi connectivity index (χ2v) is 6.24. The topological polar surface area (TPSA) is 34.9 Å². The first kappa shape index (κ1) is 13.3. The van der Waals surface area contributed by atoms with Crippen molar-refractivity contribution in [2.45, 2.75) is 6.92 Å². The molecular formula is C15H11BrN2OS. The molecule has 0 unspecified atom stereocenters. The summed E-state index contributed by atoms with van der Waals surface area (Å²) in [5.41, 5.74) is 3.41. The number of hydrogen-bond acceptors (Lipinski definition) is 3. The van der Waals surface area contributed by atoms with Gasteiger partial charge in [-0.1, -0.05) is 22.0 Å². The summed E-state index contributed by atoms with van der Waals surface area (Å²) in [6.45, 7) is 2.03. The Morgan fingerprint density at radius 3 is 2.85 bits per heavy atom. The number of benzene rings is 1. The van der Waals surface area contributed by atoms with Crippen molar-refractivity contribution >= 4 is 33.6 Å². The van der Waals surface area contributed by atoms with Gasteiger partial charge in [-0.3, -0.25) is 4.79 Å². The van der Waals surface area contributed by atoms with E-state index in [1.807, 2.05) is 42.6 Å². The van der Waals surface area contributed by atoms with Gasteiger partial charge in [-0.15, -0.1) is 11.3 Å². The fraction of sp³-hybridized carbons (Fsp3) is 0.0667. The molecule has 20 heavy (non-hydrogen) atoms. The van der Waals surface area contributed by atoms with E-state index in [4.69, 9.17) is 0 Å². The van der Waals surface area contributed by atoms with Gasteiger partial charge in [-0.25, -0.2) is 4.68 Å². The van der Waals surface area contributed by atoms with E-state index in [-0.39, 0.29) is 0 Å². The maximum absolute atomic E-state index is 11.3. The number of thiophene rings is 1. The highest BCUT2D eigenvalue weighted by molar-refractivity contribution is 9.10. The molecule has 0 amide bonds. The van der Waals surface area contributed by atoms with Gasteiger partial charge >= 0.3 is 0 Å². The van der Waals surface area contributed by atoms with Crippen molar-refractivity contribution in [1.29, 1.82) is 0 Å². The molecule has 0 saturated carbocycles. The van der Waals surface area contributed by atoms with Crippen LogP contribution in [0.4, 0.5) is 0 Å². The Morgan fingerprint density at radius 1 is 1.35 bits per heavy atom. The van der Waals surface area contributed by atoms with Gasteiger partial charge in [0.1, 0.15) is 5.69 Å². The minimum atomic E-state index is 0.607. The van der Waals surface area contributed by atoms with Gasteiger partial charge in [-0.05, 0) is 42.1 Å². The average Bonchev–Trinajstić information content (AvgIpc) is 3.04. The monoisotopic (exact) mass is 346 g/mol. The lowest BCUT2D eigenvalue weighted by atomic mass is 10.2. The molecule has 0 N–H and O–H groups in total. The Balaban J connectivity index is 2.14. The number of aromatic nitrogens is 2. The van der Waals surface area contributed by atoms with E-state index in [9.17, 15) is 4.79 Å². The second kappa shape index (κ2) is 5.34. The van der Waals surface area contributed by atoms with Crippen molar-refractivity contribution in [3.63, 3.8) is 0 Å². The maximum Gasteiger partial charge on any atom is 0.153 e. The summed E-state index contributed by atoms with van der Waals surface area (Å²) in [6.07, 6.45) is 2.62. The standard InChI is InChI=1S/C15H11BrN2OS/c1-10-5-6-20-15(10)14-11(9-19)8-18(17-14)13-4-2-3-12(16)7-13/h2-9H,1H3. The predicted octanol–water partition coefficient (Wildman–Crippen LogP) is 4.48. The fourth-order valence-corrected chi connectivity index (χ4v) is 3.34. The minimum Gasteiger partial charge on any atom is -0.298 e. The van der Waals surface area contributed by atoms with Crippen LogP contribution in [0.25, 0.3) is 16.3 Å². The molecule has 0 radical (unpaired) electrons. The van der Waals surface area contributed by atoms with E-state index in [0.717, 1.165) is 32.6 Å². The SMILES string of the molecule is Cc1ccsc1-c1nn(-c2cccc(Br)c2)cc1C=O. The molecule has 0 aliphatic rings. The van der Waals surface area contributed by atoms with E-state index in [1.54, 1.807) is 22.2 Å². The number of halogens is 1. The lowest BCUT2D eigenvalue weighted by molar-refractivity contribution is 0.112. The highest BCUT2D eigenvalue weighted by Gasteiger charge is 2.14. The van der Waals surface area contributed by atoms with Gasteiger partial charge in [0.2, 0.25) is 0 Å². The number of carbonyl (C=O) groups excluding carboxylic acids is 1. The molecule has 0 atom stereocenters. The number of aldehydes is 1. The highest BCUT2D eigenvalue weighted by Crippen LogP contribution is 2.30. The van der Waals surface area contributed by atoms with Crippen LogP contribution in [0.15, 0.2) is 46.4 Å². The van der Waals surface area contributed by atoms with Crippen LogP contribution in [0.1, 0.15) is 15.9 Å². The lowest BCUT2D eigenvalue weighted by Gasteiger charge is -2.01. The summed E-state index contributed by atoms with van der Waals surface area (Å²) in [5, 5.41) is 6.58. The molecule has 0 spiro atoms. The van der Waals surface area contributed by atoms with Crippen molar-refractivity contribution in [2.75, 3.05) is 0 Å². The molecule has 100 valence electrons. The van der Waals surface area contributed by atoms with E-state index >= 15 is 0 Å². The first-order valence-electron chi connectivity index (χ1n) is 6.04. The van der Waals surface area contributed by atoms with Crippen molar-refractivity contribution < 1.29 is 4.79 Å². The second-order valence-electron chi connectivity index (χ2n) is 4.41. The van der Waals surface area contributed by atoms with E-state index in [2.05, 4.69) is 21.0 Å². The molecule has 2 heterocycles. The van der Waals surface area contributed by atoms with E-state index < -0.39 is 0 Å². The first-order chi connectivity index (χ1) is 9.69. The molecule has 0 fully saturated rings. The van der Waals surface area contributed by atoms with E-state index in [1.165, 1.54) is 0 Å². The molecule has 5 heteroatoms. The normalized spacial score (nSPS) is 10.7. The zero-order valence-electron chi connectivity index (χ0n) is 10.7. The number of aryl methyl sites for hydroxylation is 1. The largest absolute Gasteiger partial charge is 0.298 e. The molecule has 0 saturated heterocycles. The Morgan fingerprint density at radius 2 is 2.20 bits per heavy atom. The summed E-state index contributed by atoms with van der Waals surface area (Å²) in [4.78, 5) is 12.3. The number of hydrogen-bond donors (Lipinski definition) is 0. The van der Waals surface area contributed by atoms with Gasteiger partial charge in [0.25, 0.3) is 0 Å². The van der Waals surface area contributed by atoms with Gasteiger partial charge in [0.15, 0.2) is 6.29 Å². The summed E-state index contributed by atoms with van der Waals surface area (Å²) >= 11 is 5.04. The third kappa shape index (κ3) is 2.34. The summed E-state index contributed by atoms with van der Waals surface area (Å²) in [6, 6.07) is 9.85. The highest BCUT2D eigenvalue weighted by atomic mass is 79.9. The fourth-order valence-electron chi connectivity index (χ4n) is 2.02. The van der Waals surface area contributed by atoms with Gasteiger partial charge in [0, 0.05) is 10.7 Å². The van der Waals surface area contributed by atoms with Crippen LogP contribution in [-0.2, 0) is 0 Å². The number of rotatable bonds is 3. The quantitative estimate of drug-likeness (QED) is 0.655. The van der Waals surface area contributed by atoms with Crippen molar-refractivity contribution in [1.82, 2.24) is 9.78 Å². The average molecular weight is 347 g/mol. The van der Waals surface area contributed by atoms with E-state index in [0.29, 0.717) is 5.56 Å². The molecule has 2 aromatic heterocycles. The zero-order valence-corrected chi connectivity index (χ0v) is 13.1. The smallest absolute Gasteiger partial charge is 0.153 e. The van der Waals surface area contributed by atoms with Crippen molar-refractivity contribution in [3.8, 4) is 16.3 Å². The summed E-state index contributed by atoms with van der Waals surface area (Å²) in [7, 11) is 0. The van der Waals surface area contributed by atoms with Crippen LogP contribution >= 0.6 is 27.3 Å². The van der Waals surface area contributed by atoms with Crippen LogP contribution in [0.2, 0.25) is 0 Å². The van der Waals surface area contributed by atoms with Crippen LogP contribution in [0, 0.1) is 6.92 Å². The van der Waals surface area contributed by atoms with Crippen LogP contribution in [0.3, 0.4) is 0 Å². The third-order valence-electron chi connectivity index (χ3n) is 3.02. The summed E-state index contributed by atoms with van der Waals surface area (Å²) in [5.74, 6) is 0. The van der Waals surface area contributed by atoms with Crippen molar-refractivity contribution in [2.24, 2.45) is 0 Å². The van der Waals surface area contributed by atoms with Gasteiger partial charge < -0.3 is 0 Å². The Labute approximate surface area is 129 Å². The number of carbonyl (C=O) groups is 1. The maximum atomic E-state index is 11.3. The molecule has 0 aliphatic carbocycles. The Kier molecular flexibility index (Phi) is 3.54.